The Hall–Kier alpha value is -3.29. The van der Waals surface area contributed by atoms with E-state index < -0.39 is 44.6 Å². The van der Waals surface area contributed by atoms with Crippen LogP contribution in [0.15, 0.2) is 36.7 Å². The molecular weight excluding hydrogens is 495 g/mol. The fourth-order valence-electron chi connectivity index (χ4n) is 3.74. The van der Waals surface area contributed by atoms with E-state index in [9.17, 15) is 14.5 Å². The van der Waals surface area contributed by atoms with Crippen LogP contribution >= 0.6 is 7.75 Å². The number of nitrogens with two attached hydrogens (primary N) is 1. The van der Waals surface area contributed by atoms with E-state index in [4.69, 9.17) is 29.4 Å². The van der Waals surface area contributed by atoms with Crippen LogP contribution in [-0.2, 0) is 18.6 Å². The van der Waals surface area contributed by atoms with E-state index in [1.165, 1.54) is 6.33 Å². The number of aliphatic hydroxyl groups excluding tert-OH is 1. The number of hydrogen-bond acceptors (Lipinski definition) is 11. The van der Waals surface area contributed by atoms with E-state index >= 15 is 0 Å². The van der Waals surface area contributed by atoms with Gasteiger partial charge in [0.25, 0.3) is 0 Å². The molecule has 1 saturated heterocycles. The van der Waals surface area contributed by atoms with Gasteiger partial charge < -0.3 is 29.9 Å². The van der Waals surface area contributed by atoms with Crippen LogP contribution in [0.3, 0.4) is 0 Å². The summed E-state index contributed by atoms with van der Waals surface area (Å²) in [4.78, 5) is 23.7. The maximum absolute atomic E-state index is 13.2. The van der Waals surface area contributed by atoms with Crippen molar-refractivity contribution < 1.29 is 38.1 Å². The highest BCUT2D eigenvalue weighted by molar-refractivity contribution is 7.52. The van der Waals surface area contributed by atoms with Gasteiger partial charge in [-0.3, -0.25) is 13.9 Å². The largest absolute Gasteiger partial charge is 0.480 e. The van der Waals surface area contributed by atoms with Crippen LogP contribution in [0.25, 0.3) is 11.2 Å². The molecule has 3 heterocycles. The third-order valence-corrected chi connectivity index (χ3v) is 6.93. The SMILES string of the molecule is CCOc1nc(N)nc2c1ncn2C1OC(COP(=O)(NCC(=O)O)Oc2ccccc2)C(O)C1C. The Kier molecular flexibility index (Phi) is 7.71. The number of benzene rings is 1. The molecule has 1 aromatic carbocycles. The summed E-state index contributed by atoms with van der Waals surface area (Å²) in [5.41, 5.74) is 6.58. The fraction of sp³-hybridized carbons (Fsp3) is 0.429. The average molecular weight is 522 g/mol. The average Bonchev–Trinajstić information content (AvgIpc) is 3.38. The lowest BCUT2D eigenvalue weighted by molar-refractivity contribution is -0.135. The molecule has 15 heteroatoms. The number of para-hydroxylation sites is 1. The first kappa shape index (κ1) is 25.8. The van der Waals surface area contributed by atoms with Gasteiger partial charge in [-0.05, 0) is 19.1 Å². The molecule has 194 valence electrons. The second kappa shape index (κ2) is 10.8. The highest BCUT2D eigenvalue weighted by Gasteiger charge is 2.44. The summed E-state index contributed by atoms with van der Waals surface area (Å²) in [5.74, 6) is -1.27. The van der Waals surface area contributed by atoms with Gasteiger partial charge in [-0.2, -0.15) is 9.97 Å². The van der Waals surface area contributed by atoms with E-state index in [1.54, 1.807) is 48.7 Å². The molecule has 0 aliphatic carbocycles. The van der Waals surface area contributed by atoms with Gasteiger partial charge in [0.15, 0.2) is 11.2 Å². The number of carboxylic acid groups (broad SMARTS) is 1. The number of aliphatic hydroxyl groups is 1. The number of carboxylic acids is 1. The number of carbonyl (C=O) groups is 1. The highest BCUT2D eigenvalue weighted by Crippen LogP contribution is 2.46. The van der Waals surface area contributed by atoms with Crippen molar-refractivity contribution in [3.63, 3.8) is 0 Å². The molecule has 0 spiro atoms. The molecule has 5 unspecified atom stereocenters. The third kappa shape index (κ3) is 5.58. The number of aliphatic carboxylic acids is 1. The van der Waals surface area contributed by atoms with Crippen molar-refractivity contribution in [1.29, 1.82) is 0 Å². The first-order chi connectivity index (χ1) is 17.2. The number of aromatic nitrogens is 4. The molecule has 4 rings (SSSR count). The van der Waals surface area contributed by atoms with Gasteiger partial charge >= 0.3 is 13.7 Å². The number of hydrogen-bond donors (Lipinski definition) is 4. The molecule has 3 aromatic rings. The summed E-state index contributed by atoms with van der Waals surface area (Å²) >= 11 is 0. The maximum atomic E-state index is 13.2. The van der Waals surface area contributed by atoms with E-state index in [1.807, 2.05) is 0 Å². The molecular formula is C21H27N6O8P. The van der Waals surface area contributed by atoms with Gasteiger partial charge in [0.2, 0.25) is 11.8 Å². The van der Waals surface area contributed by atoms with Crippen molar-refractivity contribution in [2.75, 3.05) is 25.5 Å². The first-order valence-corrected chi connectivity index (χ1v) is 12.7. The van der Waals surface area contributed by atoms with E-state index in [2.05, 4.69) is 20.0 Å². The molecule has 1 fully saturated rings. The highest BCUT2D eigenvalue weighted by atomic mass is 31.2. The van der Waals surface area contributed by atoms with E-state index in [-0.39, 0.29) is 24.2 Å². The van der Waals surface area contributed by atoms with Gasteiger partial charge in [0.05, 0.1) is 25.6 Å². The zero-order valence-corrected chi connectivity index (χ0v) is 20.4. The predicted molar refractivity (Wildman–Crippen MR) is 126 cm³/mol. The Labute approximate surface area is 206 Å². The number of imidazole rings is 1. The molecule has 5 N–H and O–H groups in total. The molecule has 0 radical (unpaired) electrons. The Morgan fingerprint density at radius 1 is 1.31 bits per heavy atom. The minimum Gasteiger partial charge on any atom is -0.480 e. The number of nitrogens with zero attached hydrogens (tertiary/aromatic N) is 4. The van der Waals surface area contributed by atoms with Crippen molar-refractivity contribution in [3.05, 3.63) is 36.7 Å². The van der Waals surface area contributed by atoms with E-state index in [0.29, 0.717) is 17.8 Å². The maximum Gasteiger partial charge on any atom is 0.459 e. The van der Waals surface area contributed by atoms with Crippen molar-refractivity contribution in [2.45, 2.75) is 32.3 Å². The predicted octanol–water partition coefficient (Wildman–Crippen LogP) is 1.58. The van der Waals surface area contributed by atoms with Gasteiger partial charge in [-0.15, -0.1) is 0 Å². The second-order valence-corrected chi connectivity index (χ2v) is 9.74. The minimum absolute atomic E-state index is 0.0118. The summed E-state index contributed by atoms with van der Waals surface area (Å²) in [7, 11) is -4.13. The van der Waals surface area contributed by atoms with Crippen molar-refractivity contribution in [2.24, 2.45) is 5.92 Å². The van der Waals surface area contributed by atoms with Gasteiger partial charge in [-0.1, -0.05) is 25.1 Å². The summed E-state index contributed by atoms with van der Waals surface area (Å²) in [6, 6.07) is 8.16. The Morgan fingerprint density at radius 3 is 2.75 bits per heavy atom. The number of anilines is 1. The lowest BCUT2D eigenvalue weighted by atomic mass is 10.0. The van der Waals surface area contributed by atoms with Crippen LogP contribution < -0.4 is 20.1 Å². The zero-order chi connectivity index (χ0) is 25.9. The molecule has 0 bridgehead atoms. The Bertz CT molecular complexity index is 1260. The van der Waals surface area contributed by atoms with Crippen LogP contribution in [0.2, 0.25) is 0 Å². The number of rotatable bonds is 11. The summed E-state index contributed by atoms with van der Waals surface area (Å²) in [5, 5.41) is 22.1. The second-order valence-electron chi connectivity index (χ2n) is 7.99. The standard InChI is InChI=1S/C21H27N6O8P/c1-3-32-19-16-18(25-21(22)26-19)27(11-23-16)20-12(2)17(30)14(34-20)10-33-36(31,24-9-15(28)29)35-13-7-5-4-6-8-13/h4-8,11-12,14,17,20,30H,3,9-10H2,1-2H3,(H,24,31)(H,28,29)(H2,22,25,26). The Balaban J connectivity index is 1.52. The molecule has 0 amide bonds. The summed E-state index contributed by atoms with van der Waals surface area (Å²) < 4.78 is 37.3. The molecule has 2 aromatic heterocycles. The van der Waals surface area contributed by atoms with Gasteiger partial charge in [-0.25, -0.2) is 14.6 Å². The lowest BCUT2D eigenvalue weighted by Crippen LogP contribution is -2.31. The van der Waals surface area contributed by atoms with Crippen LogP contribution in [0, 0.1) is 5.92 Å². The van der Waals surface area contributed by atoms with Gasteiger partial charge in [0, 0.05) is 5.92 Å². The topological polar surface area (TPSA) is 193 Å². The molecule has 36 heavy (non-hydrogen) atoms. The van der Waals surface area contributed by atoms with Crippen LogP contribution in [0.4, 0.5) is 5.95 Å². The number of nitrogen functional groups attached to an aromatic ring is 1. The van der Waals surface area contributed by atoms with Crippen molar-refractivity contribution >= 4 is 30.8 Å². The normalized spacial score (nSPS) is 23.4. The van der Waals surface area contributed by atoms with Crippen molar-refractivity contribution in [3.8, 4) is 11.6 Å². The lowest BCUT2D eigenvalue weighted by Gasteiger charge is -2.22. The Morgan fingerprint density at radius 2 is 2.06 bits per heavy atom. The minimum atomic E-state index is -4.13. The van der Waals surface area contributed by atoms with Crippen LogP contribution in [-0.4, -0.2) is 67.7 Å². The van der Waals surface area contributed by atoms with Crippen LogP contribution in [0.5, 0.6) is 11.6 Å². The number of ether oxygens (including phenoxy) is 2. The van der Waals surface area contributed by atoms with Crippen LogP contribution in [0.1, 0.15) is 20.1 Å². The number of nitrogens with one attached hydrogen (secondary N) is 1. The van der Waals surface area contributed by atoms with E-state index in [0.717, 1.165) is 0 Å². The fourth-order valence-corrected chi connectivity index (χ4v) is 5.02. The molecule has 1 aliphatic heterocycles. The summed E-state index contributed by atoms with van der Waals surface area (Å²) in [6.45, 7) is 2.90. The number of fused-ring (bicyclic) bond motifs is 1. The quantitative estimate of drug-likeness (QED) is 0.265. The van der Waals surface area contributed by atoms with Crippen molar-refractivity contribution in [1.82, 2.24) is 24.6 Å². The smallest absolute Gasteiger partial charge is 0.459 e. The zero-order valence-electron chi connectivity index (χ0n) is 19.6. The monoisotopic (exact) mass is 522 g/mol. The van der Waals surface area contributed by atoms with Gasteiger partial charge in [0.1, 0.15) is 24.6 Å². The molecule has 5 atom stereocenters. The first-order valence-electron chi connectivity index (χ1n) is 11.1. The molecule has 0 saturated carbocycles. The third-order valence-electron chi connectivity index (χ3n) is 5.45. The molecule has 1 aliphatic rings. The molecule has 14 nitrogen and oxygen atoms in total. The summed E-state index contributed by atoms with van der Waals surface area (Å²) in [6.07, 6.45) is -1.19.